The highest BCUT2D eigenvalue weighted by atomic mass is 32.1. The van der Waals surface area contributed by atoms with E-state index in [0.29, 0.717) is 12.0 Å². The number of hydrogen-bond donors (Lipinski definition) is 1. The van der Waals surface area contributed by atoms with Gasteiger partial charge in [-0.2, -0.15) is 0 Å². The van der Waals surface area contributed by atoms with Gasteiger partial charge in [0, 0.05) is 0 Å². The summed E-state index contributed by atoms with van der Waals surface area (Å²) in [5, 5.41) is 4.78. The standard InChI is InChI=1S/C14H18N2S/c1-9(2)10-5-6-11-13(8-10)17-14(16-11)12-4-3-7-15-12/h5-6,8-9,12,15H,3-4,7H2,1-2H3. The number of hydrogen-bond acceptors (Lipinski definition) is 3. The van der Waals surface area contributed by atoms with Crippen molar-refractivity contribution in [1.82, 2.24) is 10.3 Å². The van der Waals surface area contributed by atoms with Crippen LogP contribution >= 0.6 is 11.3 Å². The molecule has 17 heavy (non-hydrogen) atoms. The Balaban J connectivity index is 2.00. The molecule has 2 nitrogen and oxygen atoms in total. The van der Waals surface area contributed by atoms with Crippen LogP contribution in [0.4, 0.5) is 0 Å². The molecule has 1 fully saturated rings. The molecule has 0 amide bonds. The normalized spacial score (nSPS) is 20.5. The molecule has 1 aromatic heterocycles. The van der Waals surface area contributed by atoms with Gasteiger partial charge in [0.05, 0.1) is 16.3 Å². The third-order valence-electron chi connectivity index (χ3n) is 3.45. The van der Waals surface area contributed by atoms with Crippen molar-refractivity contribution in [2.45, 2.75) is 38.6 Å². The second-order valence-corrected chi connectivity index (χ2v) is 6.15. The number of fused-ring (bicyclic) bond motifs is 1. The minimum atomic E-state index is 0.495. The first-order valence-corrected chi connectivity index (χ1v) is 7.19. The maximum atomic E-state index is 4.75. The Hall–Kier alpha value is -0.930. The maximum Gasteiger partial charge on any atom is 0.111 e. The molecule has 3 heteroatoms. The van der Waals surface area contributed by atoms with Gasteiger partial charge in [-0.05, 0) is 43.0 Å². The molecule has 0 bridgehead atoms. The van der Waals surface area contributed by atoms with Crippen molar-refractivity contribution >= 4 is 21.6 Å². The van der Waals surface area contributed by atoms with Gasteiger partial charge in [0.2, 0.25) is 0 Å². The fourth-order valence-electron chi connectivity index (χ4n) is 2.36. The van der Waals surface area contributed by atoms with Crippen molar-refractivity contribution in [2.75, 3.05) is 6.54 Å². The molecule has 1 aliphatic heterocycles. The molecule has 3 rings (SSSR count). The summed E-state index contributed by atoms with van der Waals surface area (Å²) >= 11 is 1.85. The fourth-order valence-corrected chi connectivity index (χ4v) is 3.49. The quantitative estimate of drug-likeness (QED) is 0.870. The van der Waals surface area contributed by atoms with Gasteiger partial charge in [0.25, 0.3) is 0 Å². The van der Waals surface area contributed by atoms with Crippen molar-refractivity contribution in [2.24, 2.45) is 0 Å². The van der Waals surface area contributed by atoms with Crippen molar-refractivity contribution < 1.29 is 0 Å². The Bertz CT molecular complexity index is 524. The predicted octanol–water partition coefficient (Wildman–Crippen LogP) is 3.84. The van der Waals surface area contributed by atoms with E-state index in [9.17, 15) is 0 Å². The summed E-state index contributed by atoms with van der Waals surface area (Å²) in [6.07, 6.45) is 2.51. The Morgan fingerprint density at radius 2 is 2.29 bits per heavy atom. The average molecular weight is 246 g/mol. The molecule has 0 spiro atoms. The molecule has 1 unspecified atom stereocenters. The Kier molecular flexibility index (Phi) is 2.89. The number of nitrogens with zero attached hydrogens (tertiary/aromatic N) is 1. The van der Waals surface area contributed by atoms with Crippen LogP contribution in [0, 0.1) is 0 Å². The molecule has 90 valence electrons. The Morgan fingerprint density at radius 1 is 1.41 bits per heavy atom. The van der Waals surface area contributed by atoms with Crippen molar-refractivity contribution in [3.63, 3.8) is 0 Å². The highest BCUT2D eigenvalue weighted by Crippen LogP contribution is 2.32. The van der Waals surface area contributed by atoms with E-state index < -0.39 is 0 Å². The van der Waals surface area contributed by atoms with Crippen LogP contribution in [0.5, 0.6) is 0 Å². The zero-order valence-electron chi connectivity index (χ0n) is 10.4. The molecule has 1 atom stereocenters. The predicted molar refractivity (Wildman–Crippen MR) is 73.7 cm³/mol. The van der Waals surface area contributed by atoms with E-state index in [1.165, 1.54) is 28.1 Å². The van der Waals surface area contributed by atoms with E-state index in [4.69, 9.17) is 4.98 Å². The molecule has 0 saturated carbocycles. The first kappa shape index (κ1) is 11.2. The average Bonchev–Trinajstić information content (AvgIpc) is 2.96. The summed E-state index contributed by atoms with van der Waals surface area (Å²) in [5.41, 5.74) is 2.56. The van der Waals surface area contributed by atoms with Gasteiger partial charge >= 0.3 is 0 Å². The van der Waals surface area contributed by atoms with E-state index >= 15 is 0 Å². The second-order valence-electron chi connectivity index (χ2n) is 5.08. The largest absolute Gasteiger partial charge is 0.308 e. The first-order valence-electron chi connectivity index (χ1n) is 6.38. The highest BCUT2D eigenvalue weighted by molar-refractivity contribution is 7.18. The van der Waals surface area contributed by atoms with Crippen molar-refractivity contribution in [3.8, 4) is 0 Å². The summed E-state index contributed by atoms with van der Waals surface area (Å²) in [7, 11) is 0. The van der Waals surface area contributed by atoms with E-state index in [1.54, 1.807) is 0 Å². The molecule has 0 aliphatic carbocycles. The SMILES string of the molecule is CC(C)c1ccc2nc(C3CCCN3)sc2c1. The summed E-state index contributed by atoms with van der Waals surface area (Å²) in [4.78, 5) is 4.75. The summed E-state index contributed by atoms with van der Waals surface area (Å²) in [6.45, 7) is 5.61. The lowest BCUT2D eigenvalue weighted by atomic mass is 10.0. The molecule has 2 aromatic rings. The number of nitrogens with one attached hydrogen (secondary N) is 1. The van der Waals surface area contributed by atoms with E-state index in [1.807, 2.05) is 11.3 Å². The third kappa shape index (κ3) is 2.09. The lowest BCUT2D eigenvalue weighted by Crippen LogP contribution is -2.12. The van der Waals surface area contributed by atoms with E-state index in [2.05, 4.69) is 37.4 Å². The van der Waals surface area contributed by atoms with Crippen LogP contribution in [0.25, 0.3) is 10.2 Å². The number of benzene rings is 1. The van der Waals surface area contributed by atoms with Crippen LogP contribution < -0.4 is 5.32 Å². The van der Waals surface area contributed by atoms with Crippen molar-refractivity contribution in [3.05, 3.63) is 28.8 Å². The number of thiazole rings is 1. The monoisotopic (exact) mass is 246 g/mol. The maximum absolute atomic E-state index is 4.75. The molecule has 1 saturated heterocycles. The van der Waals surface area contributed by atoms with Crippen LogP contribution in [-0.4, -0.2) is 11.5 Å². The first-order chi connectivity index (χ1) is 8.24. The van der Waals surface area contributed by atoms with Gasteiger partial charge in [0.15, 0.2) is 0 Å². The van der Waals surface area contributed by atoms with Gasteiger partial charge in [0.1, 0.15) is 5.01 Å². The highest BCUT2D eigenvalue weighted by Gasteiger charge is 2.19. The minimum absolute atomic E-state index is 0.495. The van der Waals surface area contributed by atoms with Crippen LogP contribution in [0.2, 0.25) is 0 Å². The van der Waals surface area contributed by atoms with Gasteiger partial charge in [-0.1, -0.05) is 19.9 Å². The number of rotatable bonds is 2. The Morgan fingerprint density at radius 3 is 3.00 bits per heavy atom. The van der Waals surface area contributed by atoms with E-state index in [0.717, 1.165) is 12.1 Å². The molecule has 1 N–H and O–H groups in total. The van der Waals surface area contributed by atoms with Gasteiger partial charge in [-0.15, -0.1) is 11.3 Å². The molecular formula is C14H18N2S. The summed E-state index contributed by atoms with van der Waals surface area (Å²) in [5.74, 6) is 0.592. The van der Waals surface area contributed by atoms with Crippen LogP contribution in [0.15, 0.2) is 18.2 Å². The summed E-state index contributed by atoms with van der Waals surface area (Å²) < 4.78 is 1.33. The van der Waals surface area contributed by atoms with E-state index in [-0.39, 0.29) is 0 Å². The molecule has 1 aromatic carbocycles. The molecule has 1 aliphatic rings. The zero-order valence-corrected chi connectivity index (χ0v) is 11.2. The lowest BCUT2D eigenvalue weighted by Gasteiger charge is -2.03. The lowest BCUT2D eigenvalue weighted by molar-refractivity contribution is 0.644. The van der Waals surface area contributed by atoms with Gasteiger partial charge in [-0.3, -0.25) is 0 Å². The second kappa shape index (κ2) is 4.39. The fraction of sp³-hybridized carbons (Fsp3) is 0.500. The smallest absolute Gasteiger partial charge is 0.111 e. The Labute approximate surface area is 106 Å². The van der Waals surface area contributed by atoms with Crippen LogP contribution in [0.1, 0.15) is 49.2 Å². The van der Waals surface area contributed by atoms with Crippen molar-refractivity contribution in [1.29, 1.82) is 0 Å². The van der Waals surface area contributed by atoms with Gasteiger partial charge < -0.3 is 5.32 Å². The number of aromatic nitrogens is 1. The molecule has 2 heterocycles. The molecule has 0 radical (unpaired) electrons. The molecular weight excluding hydrogens is 228 g/mol. The van der Waals surface area contributed by atoms with Crippen LogP contribution in [0.3, 0.4) is 0 Å². The van der Waals surface area contributed by atoms with Gasteiger partial charge in [-0.25, -0.2) is 4.98 Å². The van der Waals surface area contributed by atoms with Crippen LogP contribution in [-0.2, 0) is 0 Å². The zero-order chi connectivity index (χ0) is 11.8. The minimum Gasteiger partial charge on any atom is -0.308 e. The topological polar surface area (TPSA) is 24.9 Å². The summed E-state index contributed by atoms with van der Waals surface area (Å²) in [6, 6.07) is 7.17. The third-order valence-corrected chi connectivity index (χ3v) is 4.59.